The molecule has 42 heavy (non-hydrogen) atoms. The second-order valence-corrected chi connectivity index (χ2v) is 11.6. The lowest BCUT2D eigenvalue weighted by atomic mass is 9.33. The Balaban J connectivity index is 1.43. The van der Waals surface area contributed by atoms with Gasteiger partial charge in [-0.3, -0.25) is 9.47 Å². The van der Waals surface area contributed by atoms with Crippen LogP contribution < -0.4 is 21.3 Å². The zero-order valence-corrected chi connectivity index (χ0v) is 23.0. The van der Waals surface area contributed by atoms with Crippen LogP contribution >= 0.6 is 0 Å². The molecule has 5 aromatic carbocycles. The van der Waals surface area contributed by atoms with Gasteiger partial charge in [-0.25, -0.2) is 0 Å². The molecule has 4 heterocycles. The Bertz CT molecular complexity index is 2260. The number of anilines is 3. The number of aromatic nitrogens is 2. The lowest BCUT2D eigenvalue weighted by molar-refractivity contribution is 0.956. The third kappa shape index (κ3) is 2.72. The van der Waals surface area contributed by atoms with Crippen LogP contribution in [-0.2, 0) is 6.42 Å². The SMILES string of the molecule is C1=Cc2c(c3c(n2-c2ccccc2)N(c2ccccc2)c2cccc4c2B3c2cccc3c5ccccc5n-4c23)CC1. The minimum absolute atomic E-state index is 0.150. The maximum atomic E-state index is 2.53. The van der Waals surface area contributed by atoms with E-state index in [1.165, 1.54) is 78.0 Å². The normalized spacial score (nSPS) is 14.3. The predicted octanol–water partition coefficient (Wildman–Crippen LogP) is 7.15. The van der Waals surface area contributed by atoms with Crippen molar-refractivity contribution >= 4 is 68.2 Å². The molecule has 0 saturated heterocycles. The molecule has 0 N–H and O–H groups in total. The van der Waals surface area contributed by atoms with Crippen LogP contribution in [0.4, 0.5) is 17.2 Å². The van der Waals surface area contributed by atoms with Gasteiger partial charge >= 0.3 is 0 Å². The smallest absolute Gasteiger partial charge is 0.254 e. The van der Waals surface area contributed by atoms with Gasteiger partial charge in [0.1, 0.15) is 5.82 Å². The fraction of sp³-hybridized carbons (Fsp3) is 0.0526. The van der Waals surface area contributed by atoms with Gasteiger partial charge in [0.2, 0.25) is 0 Å². The summed E-state index contributed by atoms with van der Waals surface area (Å²) in [6.07, 6.45) is 6.82. The molecule has 0 saturated carbocycles. The summed E-state index contributed by atoms with van der Waals surface area (Å²) >= 11 is 0. The Morgan fingerprint density at radius 3 is 2.14 bits per heavy atom. The summed E-state index contributed by atoms with van der Waals surface area (Å²) < 4.78 is 5.05. The number of hydrogen-bond acceptors (Lipinski definition) is 1. The highest BCUT2D eigenvalue weighted by Crippen LogP contribution is 2.44. The van der Waals surface area contributed by atoms with Crippen molar-refractivity contribution in [2.75, 3.05) is 4.90 Å². The minimum atomic E-state index is 0.150. The van der Waals surface area contributed by atoms with Gasteiger partial charge in [-0.05, 0) is 83.3 Å². The van der Waals surface area contributed by atoms with Crippen molar-refractivity contribution in [2.24, 2.45) is 0 Å². The summed E-state index contributed by atoms with van der Waals surface area (Å²) in [6, 6.07) is 44.6. The van der Waals surface area contributed by atoms with Crippen molar-refractivity contribution < 1.29 is 0 Å². The molecular formula is C38H26BN3. The monoisotopic (exact) mass is 535 g/mol. The first-order valence-corrected chi connectivity index (χ1v) is 14.9. The molecule has 10 rings (SSSR count). The van der Waals surface area contributed by atoms with E-state index in [1.807, 2.05) is 0 Å². The Hall–Kier alpha value is -5.22. The van der Waals surface area contributed by atoms with Gasteiger partial charge in [0.15, 0.2) is 0 Å². The summed E-state index contributed by atoms with van der Waals surface area (Å²) in [5.74, 6) is 1.26. The Morgan fingerprint density at radius 2 is 1.29 bits per heavy atom. The van der Waals surface area contributed by atoms with Gasteiger partial charge in [0, 0.05) is 39.0 Å². The van der Waals surface area contributed by atoms with E-state index in [-0.39, 0.29) is 6.71 Å². The van der Waals surface area contributed by atoms with Crippen molar-refractivity contribution in [3.63, 3.8) is 0 Å². The largest absolute Gasteiger partial charge is 0.310 e. The Labute approximate surface area is 244 Å². The van der Waals surface area contributed by atoms with E-state index in [2.05, 4.69) is 148 Å². The number of hydrogen-bond donors (Lipinski definition) is 0. The van der Waals surface area contributed by atoms with Crippen molar-refractivity contribution in [3.8, 4) is 11.4 Å². The van der Waals surface area contributed by atoms with Crippen LogP contribution in [0, 0.1) is 0 Å². The van der Waals surface area contributed by atoms with Crippen LogP contribution in [0.25, 0.3) is 39.3 Å². The average molecular weight is 535 g/mol. The maximum Gasteiger partial charge on any atom is 0.254 e. The van der Waals surface area contributed by atoms with Crippen LogP contribution in [0.1, 0.15) is 17.7 Å². The third-order valence-electron chi connectivity index (χ3n) is 9.56. The molecule has 3 aliphatic rings. The van der Waals surface area contributed by atoms with E-state index in [0.717, 1.165) is 12.8 Å². The molecule has 0 unspecified atom stereocenters. The second kappa shape index (κ2) is 8.17. The van der Waals surface area contributed by atoms with Crippen LogP contribution in [-0.4, -0.2) is 15.8 Å². The average Bonchev–Trinajstić information content (AvgIpc) is 3.58. The van der Waals surface area contributed by atoms with Crippen molar-refractivity contribution in [3.05, 3.63) is 139 Å². The van der Waals surface area contributed by atoms with Crippen molar-refractivity contribution in [1.29, 1.82) is 0 Å². The molecule has 3 nitrogen and oxygen atoms in total. The molecule has 2 aromatic heterocycles. The molecule has 0 amide bonds. The first-order valence-electron chi connectivity index (χ1n) is 14.9. The molecule has 0 radical (unpaired) electrons. The number of fused-ring (bicyclic) bond motifs is 9. The van der Waals surface area contributed by atoms with Gasteiger partial charge in [-0.1, -0.05) is 84.9 Å². The Kier molecular flexibility index (Phi) is 4.37. The van der Waals surface area contributed by atoms with Crippen molar-refractivity contribution in [1.82, 2.24) is 9.13 Å². The fourth-order valence-electron chi connectivity index (χ4n) is 8.03. The first-order chi connectivity index (χ1) is 20.9. The molecule has 7 aromatic rings. The molecule has 2 aliphatic heterocycles. The molecule has 0 spiro atoms. The van der Waals surface area contributed by atoms with E-state index in [0.29, 0.717) is 0 Å². The highest BCUT2D eigenvalue weighted by molar-refractivity contribution is 7.00. The van der Waals surface area contributed by atoms with Crippen LogP contribution in [0.15, 0.2) is 127 Å². The van der Waals surface area contributed by atoms with Crippen LogP contribution in [0.2, 0.25) is 0 Å². The van der Waals surface area contributed by atoms with E-state index in [9.17, 15) is 0 Å². The quantitative estimate of drug-likeness (QED) is 0.215. The van der Waals surface area contributed by atoms with Crippen molar-refractivity contribution in [2.45, 2.75) is 12.8 Å². The number of nitrogens with zero attached hydrogens (tertiary/aromatic N) is 3. The molecule has 196 valence electrons. The van der Waals surface area contributed by atoms with Gasteiger partial charge in [-0.2, -0.15) is 0 Å². The molecular weight excluding hydrogens is 509 g/mol. The summed E-state index contributed by atoms with van der Waals surface area (Å²) in [7, 11) is 0. The number of allylic oxidation sites excluding steroid dienone is 1. The van der Waals surface area contributed by atoms with Crippen LogP contribution in [0.3, 0.4) is 0 Å². The maximum absolute atomic E-state index is 2.53. The molecule has 0 bridgehead atoms. The van der Waals surface area contributed by atoms with Gasteiger partial charge in [0.05, 0.1) is 11.2 Å². The fourth-order valence-corrected chi connectivity index (χ4v) is 8.03. The summed E-state index contributed by atoms with van der Waals surface area (Å²) in [6.45, 7) is 0.150. The standard InChI is InChI=1S/C38H26BN3/c1-3-13-25(14-4-1)40-32-22-10-8-18-29(32)35-38(40)41(26-15-5-2-6-16-26)33-23-12-24-34-36(33)39(35)30-20-11-19-28-27-17-7-9-21-31(27)42(34)37(28)30/h1-7,9-17,19-24H,8,18H2. The van der Waals surface area contributed by atoms with Gasteiger partial charge < -0.3 is 4.57 Å². The number of benzene rings is 5. The van der Waals surface area contributed by atoms with E-state index in [1.54, 1.807) is 0 Å². The minimum Gasteiger partial charge on any atom is -0.310 e. The van der Waals surface area contributed by atoms with E-state index >= 15 is 0 Å². The highest BCUT2D eigenvalue weighted by Gasteiger charge is 2.46. The number of rotatable bonds is 2. The zero-order chi connectivity index (χ0) is 27.4. The molecule has 1 aliphatic carbocycles. The summed E-state index contributed by atoms with van der Waals surface area (Å²) in [5.41, 5.74) is 14.6. The Morgan fingerprint density at radius 1 is 0.571 bits per heavy atom. The van der Waals surface area contributed by atoms with Gasteiger partial charge in [-0.15, -0.1) is 0 Å². The second-order valence-electron chi connectivity index (χ2n) is 11.6. The molecule has 0 fully saturated rings. The van der Waals surface area contributed by atoms with E-state index < -0.39 is 0 Å². The summed E-state index contributed by atoms with van der Waals surface area (Å²) in [5, 5.41) is 2.65. The number of para-hydroxylation sites is 4. The van der Waals surface area contributed by atoms with Crippen LogP contribution in [0.5, 0.6) is 0 Å². The lowest BCUT2D eigenvalue weighted by Gasteiger charge is -2.40. The third-order valence-corrected chi connectivity index (χ3v) is 9.56. The summed E-state index contributed by atoms with van der Waals surface area (Å²) in [4.78, 5) is 2.53. The van der Waals surface area contributed by atoms with Gasteiger partial charge in [0.25, 0.3) is 6.71 Å². The lowest BCUT2D eigenvalue weighted by Crippen LogP contribution is -2.61. The zero-order valence-electron chi connectivity index (χ0n) is 23.0. The topological polar surface area (TPSA) is 13.1 Å². The van der Waals surface area contributed by atoms with E-state index in [4.69, 9.17) is 0 Å². The molecule has 4 heteroatoms. The first kappa shape index (κ1) is 22.5. The molecule has 0 atom stereocenters. The predicted molar refractivity (Wildman–Crippen MR) is 177 cm³/mol. The highest BCUT2D eigenvalue weighted by atomic mass is 15.3.